The lowest BCUT2D eigenvalue weighted by Crippen LogP contribution is -2.35. The van der Waals surface area contributed by atoms with Crippen molar-refractivity contribution in [3.05, 3.63) is 36.4 Å². The van der Waals surface area contributed by atoms with Crippen molar-refractivity contribution in [2.45, 2.75) is 24.7 Å². The largest absolute Gasteiger partial charge is 0.494 e. The number of sulfonamides is 1. The summed E-state index contributed by atoms with van der Waals surface area (Å²) in [6, 6.07) is 6.33. The monoisotopic (exact) mass is 306 g/mol. The van der Waals surface area contributed by atoms with Gasteiger partial charge in [-0.1, -0.05) is 12.2 Å². The number of nitrogens with zero attached hydrogens (tertiary/aromatic N) is 1. The van der Waals surface area contributed by atoms with Crippen LogP contribution in [0.15, 0.2) is 46.4 Å². The van der Waals surface area contributed by atoms with Crippen LogP contribution in [0.25, 0.3) is 0 Å². The van der Waals surface area contributed by atoms with Gasteiger partial charge >= 0.3 is 0 Å². The van der Waals surface area contributed by atoms with Crippen molar-refractivity contribution in [1.82, 2.24) is 4.83 Å². The van der Waals surface area contributed by atoms with Crippen molar-refractivity contribution in [3.8, 4) is 5.75 Å². The summed E-state index contributed by atoms with van der Waals surface area (Å²) in [5.41, 5.74) is 0.944. The molecule has 0 heterocycles. The fourth-order valence-electron chi connectivity index (χ4n) is 2.72. The first-order valence-electron chi connectivity index (χ1n) is 7.08. The van der Waals surface area contributed by atoms with Crippen LogP contribution in [-0.4, -0.2) is 20.7 Å². The molecule has 1 N–H and O–H groups in total. The highest BCUT2D eigenvalue weighted by molar-refractivity contribution is 7.89. The summed E-state index contributed by atoms with van der Waals surface area (Å²) in [7, 11) is -3.61. The predicted molar refractivity (Wildman–Crippen MR) is 80.7 cm³/mol. The first-order chi connectivity index (χ1) is 10.1. The van der Waals surface area contributed by atoms with Crippen LogP contribution in [-0.2, 0) is 10.0 Å². The van der Waals surface area contributed by atoms with Crippen LogP contribution in [0.4, 0.5) is 0 Å². The second-order valence-corrected chi connectivity index (χ2v) is 6.90. The Bertz CT molecular complexity index is 677. The molecule has 0 radical (unpaired) electrons. The minimum Gasteiger partial charge on any atom is -0.494 e. The predicted octanol–water partition coefficient (Wildman–Crippen LogP) is 2.32. The number of fused-ring (bicyclic) bond motifs is 1. The minimum absolute atomic E-state index is 0.190. The third kappa shape index (κ3) is 2.81. The highest BCUT2D eigenvalue weighted by atomic mass is 32.2. The molecule has 0 amide bonds. The van der Waals surface area contributed by atoms with Gasteiger partial charge in [-0.15, -0.1) is 0 Å². The standard InChI is InChI=1S/C15H18N2O3S/c1-2-20-12-6-8-13(9-7-12)21(18,19)17-16-15-10-11-4-3-5-14(11)15/h3-4,6-9,11,14,17H,2,5,10H2,1H3/b16-15-/t11-,14-/m1/s1. The van der Waals surface area contributed by atoms with Gasteiger partial charge in [-0.05, 0) is 49.9 Å². The molecule has 2 atom stereocenters. The SMILES string of the molecule is CCOc1ccc(S(=O)(=O)N/N=C2/C[C@H]3C=CC[C@@H]23)cc1. The van der Waals surface area contributed by atoms with E-state index in [1.54, 1.807) is 12.1 Å². The fourth-order valence-corrected chi connectivity index (χ4v) is 3.55. The summed E-state index contributed by atoms with van der Waals surface area (Å²) in [5, 5.41) is 4.09. The number of hydrogen-bond acceptors (Lipinski definition) is 4. The van der Waals surface area contributed by atoms with Crippen molar-refractivity contribution in [2.24, 2.45) is 16.9 Å². The molecule has 0 bridgehead atoms. The van der Waals surface area contributed by atoms with Gasteiger partial charge in [0.25, 0.3) is 10.0 Å². The fraction of sp³-hybridized carbons (Fsp3) is 0.400. The molecular weight excluding hydrogens is 288 g/mol. The van der Waals surface area contributed by atoms with Crippen molar-refractivity contribution in [2.75, 3.05) is 6.61 Å². The van der Waals surface area contributed by atoms with Gasteiger partial charge in [-0.2, -0.15) is 13.5 Å². The summed E-state index contributed by atoms with van der Waals surface area (Å²) in [4.78, 5) is 2.52. The van der Waals surface area contributed by atoms with E-state index in [0.717, 1.165) is 18.6 Å². The summed E-state index contributed by atoms with van der Waals surface area (Å²) >= 11 is 0. The lowest BCUT2D eigenvalue weighted by molar-refractivity contribution is 0.340. The molecular formula is C15H18N2O3S. The Hall–Kier alpha value is -1.82. The molecule has 2 aliphatic carbocycles. The van der Waals surface area contributed by atoms with E-state index >= 15 is 0 Å². The van der Waals surface area contributed by atoms with E-state index in [2.05, 4.69) is 22.1 Å². The highest BCUT2D eigenvalue weighted by Crippen LogP contribution is 2.40. The number of ether oxygens (including phenoxy) is 1. The second kappa shape index (κ2) is 5.52. The summed E-state index contributed by atoms with van der Waals surface area (Å²) in [6.45, 7) is 2.43. The Labute approximate surface area is 124 Å². The molecule has 1 fully saturated rings. The molecule has 0 saturated heterocycles. The molecule has 0 spiro atoms. The van der Waals surface area contributed by atoms with Gasteiger partial charge in [0, 0.05) is 11.6 Å². The smallest absolute Gasteiger partial charge is 0.276 e. The van der Waals surface area contributed by atoms with Crippen LogP contribution in [0, 0.1) is 11.8 Å². The van der Waals surface area contributed by atoms with Gasteiger partial charge in [0.2, 0.25) is 0 Å². The zero-order valence-electron chi connectivity index (χ0n) is 11.8. The molecule has 1 aromatic rings. The Morgan fingerprint density at radius 2 is 2.10 bits per heavy atom. The normalized spacial score (nSPS) is 25.5. The maximum atomic E-state index is 12.2. The maximum Gasteiger partial charge on any atom is 0.276 e. The highest BCUT2D eigenvalue weighted by Gasteiger charge is 2.38. The number of nitrogens with one attached hydrogen (secondary N) is 1. The van der Waals surface area contributed by atoms with Crippen LogP contribution in [0.5, 0.6) is 5.75 Å². The molecule has 1 saturated carbocycles. The number of allylic oxidation sites excluding steroid dienone is 2. The van der Waals surface area contributed by atoms with Crippen LogP contribution in [0.2, 0.25) is 0 Å². The van der Waals surface area contributed by atoms with Crippen molar-refractivity contribution in [3.63, 3.8) is 0 Å². The van der Waals surface area contributed by atoms with Crippen LogP contribution in [0.3, 0.4) is 0 Å². The molecule has 2 aliphatic rings. The Balaban J connectivity index is 1.68. The van der Waals surface area contributed by atoms with E-state index in [9.17, 15) is 8.42 Å². The second-order valence-electron chi connectivity index (χ2n) is 5.24. The Morgan fingerprint density at radius 1 is 1.33 bits per heavy atom. The molecule has 0 unspecified atom stereocenters. The number of hydrogen-bond donors (Lipinski definition) is 1. The molecule has 0 aromatic heterocycles. The minimum atomic E-state index is -3.61. The number of hydrazone groups is 1. The first kappa shape index (κ1) is 14.1. The van der Waals surface area contributed by atoms with E-state index in [1.165, 1.54) is 12.1 Å². The Kier molecular flexibility index (Phi) is 3.71. The summed E-state index contributed by atoms with van der Waals surface area (Å²) in [5.74, 6) is 1.60. The van der Waals surface area contributed by atoms with Crippen LogP contribution >= 0.6 is 0 Å². The molecule has 0 aliphatic heterocycles. The lowest BCUT2D eigenvalue weighted by Gasteiger charge is -2.31. The van der Waals surface area contributed by atoms with E-state index in [4.69, 9.17) is 4.74 Å². The van der Waals surface area contributed by atoms with E-state index < -0.39 is 10.0 Å². The molecule has 5 nitrogen and oxygen atoms in total. The van der Waals surface area contributed by atoms with Gasteiger partial charge in [0.05, 0.1) is 11.5 Å². The number of benzene rings is 1. The molecule has 1 aromatic carbocycles. The maximum absolute atomic E-state index is 12.2. The van der Waals surface area contributed by atoms with Gasteiger partial charge in [0.1, 0.15) is 5.75 Å². The van der Waals surface area contributed by atoms with Crippen molar-refractivity contribution >= 4 is 15.7 Å². The quantitative estimate of drug-likeness (QED) is 0.670. The zero-order valence-corrected chi connectivity index (χ0v) is 12.6. The van der Waals surface area contributed by atoms with Gasteiger partial charge in [-0.3, -0.25) is 0 Å². The van der Waals surface area contributed by atoms with Gasteiger partial charge < -0.3 is 4.74 Å². The van der Waals surface area contributed by atoms with E-state index in [-0.39, 0.29) is 4.90 Å². The summed E-state index contributed by atoms with van der Waals surface area (Å²) < 4.78 is 29.6. The molecule has 21 heavy (non-hydrogen) atoms. The molecule has 112 valence electrons. The van der Waals surface area contributed by atoms with E-state index in [0.29, 0.717) is 24.2 Å². The first-order valence-corrected chi connectivity index (χ1v) is 8.56. The molecule has 3 rings (SSSR count). The van der Waals surface area contributed by atoms with Crippen LogP contribution < -0.4 is 9.57 Å². The van der Waals surface area contributed by atoms with Gasteiger partial charge in [-0.25, -0.2) is 4.83 Å². The van der Waals surface area contributed by atoms with Gasteiger partial charge in [0.15, 0.2) is 0 Å². The average Bonchev–Trinajstić information content (AvgIpc) is 2.81. The third-order valence-electron chi connectivity index (χ3n) is 3.92. The zero-order chi connectivity index (χ0) is 14.9. The van der Waals surface area contributed by atoms with E-state index in [1.807, 2.05) is 6.92 Å². The van der Waals surface area contributed by atoms with Crippen molar-refractivity contribution < 1.29 is 13.2 Å². The van der Waals surface area contributed by atoms with Crippen molar-refractivity contribution in [1.29, 1.82) is 0 Å². The average molecular weight is 306 g/mol. The Morgan fingerprint density at radius 3 is 2.76 bits per heavy atom. The topological polar surface area (TPSA) is 67.8 Å². The lowest BCUT2D eigenvalue weighted by atomic mass is 9.74. The number of rotatable bonds is 5. The van der Waals surface area contributed by atoms with Crippen LogP contribution in [0.1, 0.15) is 19.8 Å². The molecule has 6 heteroatoms. The third-order valence-corrected chi connectivity index (χ3v) is 5.14. The summed E-state index contributed by atoms with van der Waals surface area (Å²) in [6.07, 6.45) is 6.14.